The first kappa shape index (κ1) is 14.8. The number of hydrogen-bond donors (Lipinski definition) is 3. The van der Waals surface area contributed by atoms with Crippen LogP contribution in [0.15, 0.2) is 36.8 Å². The zero-order chi connectivity index (χ0) is 16.5. The molecule has 1 aliphatic rings. The number of hydrogen-bond acceptors (Lipinski definition) is 2. The maximum Gasteiger partial charge on any atom is 0.315 e. The van der Waals surface area contributed by atoms with Gasteiger partial charge in [-0.3, -0.25) is 0 Å². The summed E-state index contributed by atoms with van der Waals surface area (Å²) in [5.74, 6) is 0.942. The average Bonchev–Trinajstić information content (AvgIpc) is 3.25. The second kappa shape index (κ2) is 6.03. The van der Waals surface area contributed by atoms with E-state index < -0.39 is 0 Å². The van der Waals surface area contributed by atoms with Crippen molar-refractivity contribution in [1.82, 2.24) is 25.2 Å². The molecule has 2 amide bonds. The summed E-state index contributed by atoms with van der Waals surface area (Å²) in [4.78, 5) is 19.7. The fourth-order valence-corrected chi connectivity index (χ4v) is 3.37. The number of rotatable bonds is 4. The van der Waals surface area contributed by atoms with E-state index in [0.717, 1.165) is 30.7 Å². The molecule has 2 aromatic heterocycles. The largest absolute Gasteiger partial charge is 0.361 e. The Morgan fingerprint density at radius 1 is 1.46 bits per heavy atom. The van der Waals surface area contributed by atoms with Crippen LogP contribution in [0.2, 0.25) is 0 Å². The molecule has 0 radical (unpaired) electrons. The Morgan fingerprint density at radius 3 is 3.29 bits per heavy atom. The molecule has 3 N–H and O–H groups in total. The van der Waals surface area contributed by atoms with Gasteiger partial charge in [-0.1, -0.05) is 11.6 Å². The second-order valence-electron chi connectivity index (χ2n) is 6.33. The normalized spacial score (nSPS) is 16.3. The van der Waals surface area contributed by atoms with Crippen molar-refractivity contribution in [2.75, 3.05) is 6.54 Å². The van der Waals surface area contributed by atoms with Gasteiger partial charge in [0.15, 0.2) is 0 Å². The van der Waals surface area contributed by atoms with E-state index in [0.29, 0.717) is 6.54 Å². The van der Waals surface area contributed by atoms with Crippen molar-refractivity contribution in [2.24, 2.45) is 0 Å². The number of H-pyrrole nitrogens is 1. The van der Waals surface area contributed by atoms with E-state index >= 15 is 0 Å². The van der Waals surface area contributed by atoms with Crippen LogP contribution in [0.3, 0.4) is 0 Å². The molecule has 124 valence electrons. The number of aromatic amines is 1. The van der Waals surface area contributed by atoms with Gasteiger partial charge < -0.3 is 20.2 Å². The van der Waals surface area contributed by atoms with Gasteiger partial charge in [-0.05, 0) is 37.5 Å². The molecule has 1 atom stereocenters. The predicted octanol–water partition coefficient (Wildman–Crippen LogP) is 2.66. The van der Waals surface area contributed by atoms with Crippen LogP contribution in [0.5, 0.6) is 0 Å². The van der Waals surface area contributed by atoms with Gasteiger partial charge in [0.2, 0.25) is 0 Å². The highest BCUT2D eigenvalue weighted by atomic mass is 16.2. The molecule has 6 nitrogen and oxygen atoms in total. The van der Waals surface area contributed by atoms with Crippen molar-refractivity contribution in [2.45, 2.75) is 32.4 Å². The number of carbonyl (C=O) groups is 1. The van der Waals surface area contributed by atoms with Crippen molar-refractivity contribution < 1.29 is 4.79 Å². The molecule has 24 heavy (non-hydrogen) atoms. The van der Waals surface area contributed by atoms with Gasteiger partial charge in [-0.2, -0.15) is 0 Å². The third-order valence-electron chi connectivity index (χ3n) is 4.63. The second-order valence-corrected chi connectivity index (χ2v) is 6.33. The molecule has 3 heterocycles. The van der Waals surface area contributed by atoms with Crippen LogP contribution >= 0.6 is 0 Å². The van der Waals surface area contributed by atoms with Gasteiger partial charge in [0.25, 0.3) is 0 Å². The summed E-state index contributed by atoms with van der Waals surface area (Å²) in [5, 5.41) is 7.19. The molecule has 6 heteroatoms. The summed E-state index contributed by atoms with van der Waals surface area (Å²) in [7, 11) is 0. The van der Waals surface area contributed by atoms with E-state index in [1.54, 1.807) is 6.20 Å². The van der Waals surface area contributed by atoms with Gasteiger partial charge in [0.1, 0.15) is 5.82 Å². The molecule has 4 rings (SSSR count). The van der Waals surface area contributed by atoms with Crippen LogP contribution in [-0.4, -0.2) is 27.1 Å². The summed E-state index contributed by atoms with van der Waals surface area (Å²) < 4.78 is 2.08. The molecular weight excluding hydrogens is 302 g/mol. The number of imidazole rings is 1. The number of aryl methyl sites for hydroxylation is 2. The number of benzene rings is 1. The first-order valence-electron chi connectivity index (χ1n) is 8.33. The van der Waals surface area contributed by atoms with Gasteiger partial charge in [-0.25, -0.2) is 9.78 Å². The van der Waals surface area contributed by atoms with Gasteiger partial charge >= 0.3 is 6.03 Å². The van der Waals surface area contributed by atoms with Gasteiger partial charge in [0, 0.05) is 42.6 Å². The zero-order valence-electron chi connectivity index (χ0n) is 13.7. The van der Waals surface area contributed by atoms with Crippen LogP contribution in [0, 0.1) is 6.92 Å². The van der Waals surface area contributed by atoms with Crippen molar-refractivity contribution in [1.29, 1.82) is 0 Å². The molecule has 0 fully saturated rings. The number of nitrogens with one attached hydrogen (secondary N) is 3. The standard InChI is InChI=1S/C18H21N5O/c1-12-2-3-15-14(10-12)13(11-21-15)4-6-20-18(24)22-16-5-8-23-9-7-19-17(16)23/h2-3,7,9-11,16,21H,4-6,8H2,1H3,(H2,20,22,24). The van der Waals surface area contributed by atoms with E-state index in [1.165, 1.54) is 16.5 Å². The lowest BCUT2D eigenvalue weighted by Crippen LogP contribution is -2.38. The summed E-state index contributed by atoms with van der Waals surface area (Å²) in [6.45, 7) is 3.61. The molecule has 3 aromatic rings. The molecular formula is C18H21N5O. The third kappa shape index (κ3) is 2.75. The van der Waals surface area contributed by atoms with Crippen LogP contribution in [0.4, 0.5) is 4.79 Å². The minimum Gasteiger partial charge on any atom is -0.361 e. The topological polar surface area (TPSA) is 74.7 Å². The smallest absolute Gasteiger partial charge is 0.315 e. The lowest BCUT2D eigenvalue weighted by Gasteiger charge is -2.12. The highest BCUT2D eigenvalue weighted by Crippen LogP contribution is 2.23. The molecule has 0 saturated heterocycles. The molecule has 0 saturated carbocycles. The maximum absolute atomic E-state index is 12.1. The van der Waals surface area contributed by atoms with E-state index in [4.69, 9.17) is 0 Å². The lowest BCUT2D eigenvalue weighted by atomic mass is 10.1. The summed E-state index contributed by atoms with van der Waals surface area (Å²) in [6, 6.07) is 6.25. The summed E-state index contributed by atoms with van der Waals surface area (Å²) >= 11 is 0. The van der Waals surface area contributed by atoms with Gasteiger partial charge in [-0.15, -0.1) is 0 Å². The Kier molecular flexibility index (Phi) is 3.72. The Labute approximate surface area is 140 Å². The highest BCUT2D eigenvalue weighted by molar-refractivity contribution is 5.84. The molecule has 1 aliphatic heterocycles. The van der Waals surface area contributed by atoms with E-state index in [9.17, 15) is 4.79 Å². The fraction of sp³-hybridized carbons (Fsp3) is 0.333. The Hall–Kier alpha value is -2.76. The maximum atomic E-state index is 12.1. The minimum absolute atomic E-state index is 0.00994. The zero-order valence-corrected chi connectivity index (χ0v) is 13.7. The lowest BCUT2D eigenvalue weighted by molar-refractivity contribution is 0.237. The van der Waals surface area contributed by atoms with Crippen LogP contribution < -0.4 is 10.6 Å². The molecule has 1 aromatic carbocycles. The quantitative estimate of drug-likeness (QED) is 0.690. The Morgan fingerprint density at radius 2 is 2.38 bits per heavy atom. The van der Waals surface area contributed by atoms with Gasteiger partial charge in [0.05, 0.1) is 6.04 Å². The predicted molar refractivity (Wildman–Crippen MR) is 92.9 cm³/mol. The van der Waals surface area contributed by atoms with E-state index in [2.05, 4.69) is 50.3 Å². The SMILES string of the molecule is Cc1ccc2[nH]cc(CCNC(=O)NC3CCn4ccnc43)c2c1. The van der Waals surface area contributed by atoms with Crippen LogP contribution in [0.25, 0.3) is 10.9 Å². The number of urea groups is 1. The first-order chi connectivity index (χ1) is 11.7. The van der Waals surface area contributed by atoms with Crippen molar-refractivity contribution >= 4 is 16.9 Å². The molecule has 0 bridgehead atoms. The third-order valence-corrected chi connectivity index (χ3v) is 4.63. The minimum atomic E-state index is -0.132. The van der Waals surface area contributed by atoms with E-state index in [1.807, 2.05) is 12.4 Å². The first-order valence-corrected chi connectivity index (χ1v) is 8.33. The molecule has 0 spiro atoms. The number of amides is 2. The van der Waals surface area contributed by atoms with Crippen molar-refractivity contribution in [3.8, 4) is 0 Å². The monoisotopic (exact) mass is 323 g/mol. The van der Waals surface area contributed by atoms with Crippen molar-refractivity contribution in [3.05, 3.63) is 53.7 Å². The summed E-state index contributed by atoms with van der Waals surface area (Å²) in [6.07, 6.45) is 7.46. The Balaban J connectivity index is 1.32. The van der Waals surface area contributed by atoms with Crippen LogP contribution in [-0.2, 0) is 13.0 Å². The molecule has 1 unspecified atom stereocenters. The highest BCUT2D eigenvalue weighted by Gasteiger charge is 2.24. The number of nitrogens with zero attached hydrogens (tertiary/aromatic N) is 2. The van der Waals surface area contributed by atoms with E-state index in [-0.39, 0.29) is 12.1 Å². The number of fused-ring (bicyclic) bond motifs is 2. The van der Waals surface area contributed by atoms with Crippen LogP contribution in [0.1, 0.15) is 29.4 Å². The Bertz CT molecular complexity index is 879. The average molecular weight is 323 g/mol. The number of carbonyl (C=O) groups excluding carboxylic acids is 1. The summed E-state index contributed by atoms with van der Waals surface area (Å²) in [5.41, 5.74) is 3.61. The van der Waals surface area contributed by atoms with Crippen molar-refractivity contribution in [3.63, 3.8) is 0 Å². The molecule has 0 aliphatic carbocycles. The fourth-order valence-electron chi connectivity index (χ4n) is 3.37. The number of aromatic nitrogens is 3.